The number of unbranched alkanes of at least 4 members (excludes halogenated alkanes) is 4. The zero-order valence-corrected chi connectivity index (χ0v) is 12.3. The zero-order valence-electron chi connectivity index (χ0n) is 10.5. The Morgan fingerprint density at radius 2 is 1.71 bits per heavy atom. The van der Waals surface area contributed by atoms with Crippen LogP contribution in [-0.2, 0) is 4.79 Å². The van der Waals surface area contributed by atoms with Gasteiger partial charge in [0.1, 0.15) is 0 Å². The molecular formula is C11H24O4SSi. The van der Waals surface area contributed by atoms with Gasteiger partial charge < -0.3 is 14.4 Å². The minimum atomic E-state index is -3.89. The van der Waals surface area contributed by atoms with Gasteiger partial charge in [-0.25, -0.2) is 0 Å². The van der Waals surface area contributed by atoms with Gasteiger partial charge in [0.05, 0.1) is 0 Å². The predicted molar refractivity (Wildman–Crippen MR) is 72.7 cm³/mol. The summed E-state index contributed by atoms with van der Waals surface area (Å²) in [7, 11) is -3.89. The average molecular weight is 280 g/mol. The number of carbonyl (C=O) groups excluding carboxylic acids is 1. The quantitative estimate of drug-likeness (QED) is 0.421. The van der Waals surface area contributed by atoms with Crippen LogP contribution in [0, 0.1) is 0 Å². The molecular weight excluding hydrogens is 256 g/mol. The Balaban J connectivity index is 3.29. The lowest BCUT2D eigenvalue weighted by atomic mass is 10.1. The molecule has 0 atom stereocenters. The van der Waals surface area contributed by atoms with Gasteiger partial charge in [-0.1, -0.05) is 44.4 Å². The summed E-state index contributed by atoms with van der Waals surface area (Å²) in [4.78, 5) is 37.7. The van der Waals surface area contributed by atoms with E-state index in [0.717, 1.165) is 12.8 Å². The summed E-state index contributed by atoms with van der Waals surface area (Å²) in [6.45, 7) is 2.16. The normalized spacial score (nSPS) is 11.8. The molecule has 0 aliphatic rings. The highest BCUT2D eigenvalue weighted by molar-refractivity contribution is 8.13. The number of hydrogen-bond acceptors (Lipinski definition) is 5. The van der Waals surface area contributed by atoms with Crippen LogP contribution in [0.1, 0.15) is 51.9 Å². The highest BCUT2D eigenvalue weighted by Gasteiger charge is 2.25. The van der Waals surface area contributed by atoms with Crippen LogP contribution >= 0.6 is 11.8 Å². The second-order valence-corrected chi connectivity index (χ2v) is 7.46. The molecule has 0 saturated carbocycles. The molecule has 0 heterocycles. The molecule has 0 spiro atoms. The summed E-state index contributed by atoms with van der Waals surface area (Å²) in [6.07, 6.45) is 6.78. The van der Waals surface area contributed by atoms with E-state index in [9.17, 15) is 4.79 Å². The Morgan fingerprint density at radius 1 is 1.06 bits per heavy atom. The molecule has 0 radical (unpaired) electrons. The molecule has 0 fully saturated rings. The van der Waals surface area contributed by atoms with Crippen LogP contribution in [-0.4, -0.2) is 34.1 Å². The van der Waals surface area contributed by atoms with Crippen molar-refractivity contribution in [2.24, 2.45) is 0 Å². The molecule has 102 valence electrons. The molecule has 0 amide bonds. The minimum Gasteiger partial charge on any atom is -0.390 e. The lowest BCUT2D eigenvalue weighted by molar-refractivity contribution is -0.111. The van der Waals surface area contributed by atoms with Crippen molar-refractivity contribution >= 4 is 25.7 Å². The van der Waals surface area contributed by atoms with Gasteiger partial charge in [0.15, 0.2) is 5.12 Å². The van der Waals surface area contributed by atoms with Crippen LogP contribution in [0.4, 0.5) is 0 Å². The molecule has 0 aliphatic heterocycles. The van der Waals surface area contributed by atoms with E-state index in [1.807, 2.05) is 0 Å². The van der Waals surface area contributed by atoms with Crippen LogP contribution in [0.2, 0.25) is 6.04 Å². The van der Waals surface area contributed by atoms with Gasteiger partial charge >= 0.3 is 8.80 Å². The third kappa shape index (κ3) is 14.1. The summed E-state index contributed by atoms with van der Waals surface area (Å²) in [5.74, 6) is 0.560. The van der Waals surface area contributed by atoms with Crippen molar-refractivity contribution in [1.29, 1.82) is 0 Å². The molecule has 0 unspecified atom stereocenters. The van der Waals surface area contributed by atoms with Gasteiger partial charge in [0, 0.05) is 18.2 Å². The minimum absolute atomic E-state index is 0.0176. The van der Waals surface area contributed by atoms with Gasteiger partial charge in [-0.15, -0.1) is 0 Å². The van der Waals surface area contributed by atoms with Crippen molar-refractivity contribution in [3.8, 4) is 0 Å². The molecule has 0 aromatic heterocycles. The smallest absolute Gasteiger partial charge is 0.390 e. The van der Waals surface area contributed by atoms with E-state index >= 15 is 0 Å². The molecule has 0 aromatic rings. The van der Waals surface area contributed by atoms with Gasteiger partial charge in [0.2, 0.25) is 0 Å². The largest absolute Gasteiger partial charge is 0.492 e. The topological polar surface area (TPSA) is 77.8 Å². The van der Waals surface area contributed by atoms with E-state index in [0.29, 0.717) is 18.6 Å². The maximum atomic E-state index is 11.4. The molecule has 4 nitrogen and oxygen atoms in total. The van der Waals surface area contributed by atoms with Crippen LogP contribution < -0.4 is 0 Å². The number of carbonyl (C=O) groups is 1. The molecule has 17 heavy (non-hydrogen) atoms. The second-order valence-electron chi connectivity index (χ2n) is 4.26. The Hall–Kier alpha value is 0.117. The first-order valence-electron chi connectivity index (χ1n) is 6.28. The second kappa shape index (κ2) is 10.1. The predicted octanol–water partition coefficient (Wildman–Crippen LogP) is 1.91. The van der Waals surface area contributed by atoms with Crippen molar-refractivity contribution in [2.75, 3.05) is 5.75 Å². The fraction of sp³-hybridized carbons (Fsp3) is 0.909. The zero-order chi connectivity index (χ0) is 13.1. The summed E-state index contributed by atoms with van der Waals surface area (Å²) in [5, 5.41) is 0.169. The highest BCUT2D eigenvalue weighted by atomic mass is 32.2. The van der Waals surface area contributed by atoms with Crippen molar-refractivity contribution in [3.63, 3.8) is 0 Å². The van der Waals surface area contributed by atoms with Gasteiger partial charge in [-0.3, -0.25) is 4.79 Å². The van der Waals surface area contributed by atoms with Crippen LogP contribution in [0.3, 0.4) is 0 Å². The third-order valence-corrected chi connectivity index (χ3v) is 4.45. The van der Waals surface area contributed by atoms with Gasteiger partial charge in [-0.05, 0) is 12.8 Å². The Bertz CT molecular complexity index is 206. The molecule has 6 heteroatoms. The molecule has 3 N–H and O–H groups in total. The van der Waals surface area contributed by atoms with E-state index in [1.165, 1.54) is 31.0 Å². The Morgan fingerprint density at radius 3 is 2.29 bits per heavy atom. The average Bonchev–Trinajstić information content (AvgIpc) is 2.23. The molecule has 0 rings (SSSR count). The third-order valence-electron chi connectivity index (χ3n) is 2.40. The fourth-order valence-electron chi connectivity index (χ4n) is 1.44. The monoisotopic (exact) mass is 280 g/mol. The number of thioether (sulfide) groups is 1. The fourth-order valence-corrected chi connectivity index (χ4v) is 3.15. The first-order chi connectivity index (χ1) is 7.95. The molecule has 0 aliphatic carbocycles. The van der Waals surface area contributed by atoms with E-state index < -0.39 is 8.80 Å². The molecule has 0 saturated heterocycles. The maximum absolute atomic E-state index is 11.4. The summed E-state index contributed by atoms with van der Waals surface area (Å²) in [5.41, 5.74) is 0. The molecule has 0 aromatic carbocycles. The van der Waals surface area contributed by atoms with Crippen molar-refractivity contribution in [3.05, 3.63) is 0 Å². The lowest BCUT2D eigenvalue weighted by Crippen LogP contribution is -2.34. The van der Waals surface area contributed by atoms with Crippen molar-refractivity contribution in [1.82, 2.24) is 0 Å². The first kappa shape index (κ1) is 17.1. The van der Waals surface area contributed by atoms with E-state index in [1.54, 1.807) is 0 Å². The SMILES string of the molecule is CCCCCCCC(=O)SCCC[Si](O)(O)O. The molecule has 0 bridgehead atoms. The summed E-state index contributed by atoms with van der Waals surface area (Å²) < 4.78 is 0. The lowest BCUT2D eigenvalue weighted by Gasteiger charge is -2.07. The van der Waals surface area contributed by atoms with Gasteiger partial charge in [0.25, 0.3) is 0 Å². The summed E-state index contributed by atoms with van der Waals surface area (Å²) in [6, 6.07) is 0.0176. The van der Waals surface area contributed by atoms with E-state index in [4.69, 9.17) is 14.4 Å². The van der Waals surface area contributed by atoms with Gasteiger partial charge in [-0.2, -0.15) is 0 Å². The van der Waals surface area contributed by atoms with Crippen molar-refractivity contribution < 1.29 is 19.2 Å². The standard InChI is InChI=1S/C11H24O4SSi/c1-2-3-4-5-6-8-11(12)16-9-7-10-17(13,14)15/h13-15H,2-10H2,1H3. The maximum Gasteiger partial charge on any atom is 0.492 e. The number of rotatable bonds is 10. The number of hydrogen-bond donors (Lipinski definition) is 3. The highest BCUT2D eigenvalue weighted by Crippen LogP contribution is 2.14. The van der Waals surface area contributed by atoms with E-state index in [-0.39, 0.29) is 11.2 Å². The van der Waals surface area contributed by atoms with Crippen molar-refractivity contribution in [2.45, 2.75) is 57.9 Å². The van der Waals surface area contributed by atoms with E-state index in [2.05, 4.69) is 6.92 Å². The van der Waals surface area contributed by atoms with Crippen LogP contribution in [0.25, 0.3) is 0 Å². The summed E-state index contributed by atoms with van der Waals surface area (Å²) >= 11 is 1.23. The Kier molecular flexibility index (Phi) is 10.1. The first-order valence-corrected chi connectivity index (χ1v) is 9.32. The van der Waals surface area contributed by atoms with Crippen LogP contribution in [0.5, 0.6) is 0 Å². The van der Waals surface area contributed by atoms with Crippen LogP contribution in [0.15, 0.2) is 0 Å². The Labute approximate surface area is 109 Å².